The van der Waals surface area contributed by atoms with Crippen molar-refractivity contribution in [3.63, 3.8) is 0 Å². The van der Waals surface area contributed by atoms with Gasteiger partial charge in [-0.05, 0) is 86.1 Å². The van der Waals surface area contributed by atoms with Gasteiger partial charge in [-0.3, -0.25) is 4.72 Å². The molecule has 0 radical (unpaired) electrons. The molecule has 7 nitrogen and oxygen atoms in total. The largest absolute Gasteiger partial charge is 0.478 e. The molecule has 0 spiro atoms. The number of carboxylic acids is 1. The lowest BCUT2D eigenvalue weighted by Crippen LogP contribution is -2.22. The summed E-state index contributed by atoms with van der Waals surface area (Å²) in [5.41, 5.74) is 10.8. The molecule has 35 heavy (non-hydrogen) atoms. The Kier molecular flexibility index (Phi) is 8.30. The van der Waals surface area contributed by atoms with Gasteiger partial charge in [-0.2, -0.15) is 0 Å². The number of hydrogen-bond donors (Lipinski definition) is 3. The van der Waals surface area contributed by atoms with Gasteiger partial charge in [0.1, 0.15) is 5.82 Å². The van der Waals surface area contributed by atoms with Gasteiger partial charge in [-0.25, -0.2) is 18.2 Å². The van der Waals surface area contributed by atoms with E-state index in [-0.39, 0.29) is 22.3 Å². The first-order valence-corrected chi connectivity index (χ1v) is 13.1. The van der Waals surface area contributed by atoms with Gasteiger partial charge in [0.2, 0.25) is 0 Å². The van der Waals surface area contributed by atoms with Gasteiger partial charge in [0, 0.05) is 11.6 Å². The minimum absolute atomic E-state index is 0.0470. The van der Waals surface area contributed by atoms with E-state index in [1.54, 1.807) is 6.07 Å². The number of anilines is 1. The number of benzene rings is 2. The van der Waals surface area contributed by atoms with Crippen LogP contribution in [0.4, 0.5) is 5.82 Å². The van der Waals surface area contributed by atoms with E-state index in [1.807, 2.05) is 38.1 Å². The Hall–Kier alpha value is -3.23. The standard InChI is InChI=1S/C27H33N3O4S/c1-17(2)13-22(28)12-11-20-14-24(26-18(3)7-5-8-19(26)4)29-25(15-20)30-35(33,34)23-10-6-9-21(16-23)27(31)32/h5-10,14-17,22H,11-13,28H2,1-4H3,(H,29,30)(H,31,32)/t22-/m0/s1. The van der Waals surface area contributed by atoms with E-state index < -0.39 is 16.0 Å². The van der Waals surface area contributed by atoms with E-state index in [0.29, 0.717) is 18.0 Å². The predicted molar refractivity (Wildman–Crippen MR) is 139 cm³/mol. The second-order valence-electron chi connectivity index (χ2n) is 9.38. The minimum Gasteiger partial charge on any atom is -0.478 e. The van der Waals surface area contributed by atoms with Crippen molar-refractivity contribution < 1.29 is 18.3 Å². The number of pyridine rings is 1. The lowest BCUT2D eigenvalue weighted by Gasteiger charge is -2.16. The van der Waals surface area contributed by atoms with Gasteiger partial charge in [0.05, 0.1) is 16.2 Å². The number of aryl methyl sites for hydroxylation is 3. The second kappa shape index (κ2) is 11.0. The third-order valence-electron chi connectivity index (χ3n) is 5.83. The van der Waals surface area contributed by atoms with Crippen LogP contribution in [0.25, 0.3) is 11.3 Å². The molecule has 0 amide bonds. The first-order valence-electron chi connectivity index (χ1n) is 11.7. The van der Waals surface area contributed by atoms with Crippen LogP contribution in [0.3, 0.4) is 0 Å². The molecule has 2 aromatic carbocycles. The van der Waals surface area contributed by atoms with Gasteiger partial charge < -0.3 is 10.8 Å². The van der Waals surface area contributed by atoms with E-state index in [2.05, 4.69) is 23.6 Å². The van der Waals surface area contributed by atoms with Crippen molar-refractivity contribution in [2.75, 3.05) is 4.72 Å². The Morgan fingerprint density at radius 1 is 1.06 bits per heavy atom. The summed E-state index contributed by atoms with van der Waals surface area (Å²) in [4.78, 5) is 15.8. The summed E-state index contributed by atoms with van der Waals surface area (Å²) in [5, 5.41) is 9.24. The third kappa shape index (κ3) is 6.90. The number of nitrogens with one attached hydrogen (secondary N) is 1. The quantitative estimate of drug-likeness (QED) is 0.357. The van der Waals surface area contributed by atoms with Crippen LogP contribution < -0.4 is 10.5 Å². The minimum atomic E-state index is -4.05. The van der Waals surface area contributed by atoms with Crippen LogP contribution in [0.2, 0.25) is 0 Å². The molecule has 3 aromatic rings. The van der Waals surface area contributed by atoms with Gasteiger partial charge in [-0.15, -0.1) is 0 Å². The fraction of sp³-hybridized carbons (Fsp3) is 0.333. The van der Waals surface area contributed by atoms with Crippen LogP contribution in [0.5, 0.6) is 0 Å². The molecule has 0 fully saturated rings. The summed E-state index contributed by atoms with van der Waals surface area (Å²) in [6, 6.07) is 15.0. The molecule has 3 rings (SSSR count). The average molecular weight is 496 g/mol. The fourth-order valence-electron chi connectivity index (χ4n) is 4.20. The lowest BCUT2D eigenvalue weighted by atomic mass is 9.96. The zero-order valence-electron chi connectivity index (χ0n) is 20.6. The first-order chi connectivity index (χ1) is 16.5. The van der Waals surface area contributed by atoms with Gasteiger partial charge >= 0.3 is 5.97 Å². The Balaban J connectivity index is 2.01. The SMILES string of the molecule is Cc1cccc(C)c1-c1cc(CC[C@H](N)CC(C)C)cc(NS(=O)(=O)c2cccc(C(=O)O)c2)n1. The lowest BCUT2D eigenvalue weighted by molar-refractivity contribution is 0.0696. The van der Waals surface area contributed by atoms with Crippen molar-refractivity contribution in [2.45, 2.75) is 57.9 Å². The molecular weight excluding hydrogens is 462 g/mol. The topological polar surface area (TPSA) is 122 Å². The average Bonchev–Trinajstić information content (AvgIpc) is 2.77. The maximum absolute atomic E-state index is 13.1. The number of nitrogens with two attached hydrogens (primary N) is 1. The van der Waals surface area contributed by atoms with Gasteiger partial charge in [0.15, 0.2) is 0 Å². The van der Waals surface area contributed by atoms with Crippen LogP contribution >= 0.6 is 0 Å². The number of aromatic carboxylic acids is 1. The molecule has 0 bridgehead atoms. The Labute approximate surface area is 207 Å². The molecule has 0 saturated heterocycles. The highest BCUT2D eigenvalue weighted by molar-refractivity contribution is 7.92. The molecule has 0 aliphatic heterocycles. The highest BCUT2D eigenvalue weighted by Crippen LogP contribution is 2.29. The van der Waals surface area contributed by atoms with E-state index in [1.165, 1.54) is 18.2 Å². The molecule has 4 N–H and O–H groups in total. The maximum Gasteiger partial charge on any atom is 0.335 e. The van der Waals surface area contributed by atoms with Gasteiger partial charge in [0.25, 0.3) is 10.0 Å². The number of nitrogens with zero attached hydrogens (tertiary/aromatic N) is 1. The molecule has 1 atom stereocenters. The number of carboxylic acid groups (broad SMARTS) is 1. The summed E-state index contributed by atoms with van der Waals surface area (Å²) in [6.45, 7) is 8.27. The number of carbonyl (C=O) groups is 1. The van der Waals surface area contributed by atoms with Crippen LogP contribution in [0, 0.1) is 19.8 Å². The molecule has 0 aliphatic rings. The molecule has 186 valence electrons. The molecule has 1 heterocycles. The van der Waals surface area contributed by atoms with Crippen LogP contribution in [-0.4, -0.2) is 30.5 Å². The molecule has 1 aromatic heterocycles. The zero-order valence-corrected chi connectivity index (χ0v) is 21.4. The van der Waals surface area contributed by atoms with Crippen molar-refractivity contribution in [3.8, 4) is 11.3 Å². The molecule has 0 unspecified atom stereocenters. The van der Waals surface area contributed by atoms with Crippen molar-refractivity contribution in [2.24, 2.45) is 11.7 Å². The van der Waals surface area contributed by atoms with Gasteiger partial charge in [-0.1, -0.05) is 38.1 Å². The summed E-state index contributed by atoms with van der Waals surface area (Å²) >= 11 is 0. The maximum atomic E-state index is 13.1. The highest BCUT2D eigenvalue weighted by Gasteiger charge is 2.19. The van der Waals surface area contributed by atoms with Crippen molar-refractivity contribution in [1.29, 1.82) is 0 Å². The monoisotopic (exact) mass is 495 g/mol. The fourth-order valence-corrected chi connectivity index (χ4v) is 5.24. The van der Waals surface area contributed by atoms with Crippen molar-refractivity contribution >= 4 is 21.8 Å². The van der Waals surface area contributed by atoms with E-state index >= 15 is 0 Å². The third-order valence-corrected chi connectivity index (χ3v) is 7.18. The zero-order chi connectivity index (χ0) is 25.8. The normalized spacial score (nSPS) is 12.5. The summed E-state index contributed by atoms with van der Waals surface area (Å²) in [5.74, 6) is -0.521. The van der Waals surface area contributed by atoms with E-state index in [0.717, 1.165) is 41.2 Å². The second-order valence-corrected chi connectivity index (χ2v) is 11.1. The predicted octanol–water partition coefficient (Wildman–Crippen LogP) is 5.17. The van der Waals surface area contributed by atoms with Crippen molar-refractivity contribution in [3.05, 3.63) is 76.9 Å². The van der Waals surface area contributed by atoms with Crippen LogP contribution in [-0.2, 0) is 16.4 Å². The number of sulfonamides is 1. The smallest absolute Gasteiger partial charge is 0.335 e. The molecule has 0 saturated carbocycles. The molecule has 0 aliphatic carbocycles. The van der Waals surface area contributed by atoms with E-state index in [9.17, 15) is 18.3 Å². The summed E-state index contributed by atoms with van der Waals surface area (Å²) in [7, 11) is -4.05. The number of hydrogen-bond acceptors (Lipinski definition) is 5. The molecular formula is C27H33N3O4S. The summed E-state index contributed by atoms with van der Waals surface area (Å²) in [6.07, 6.45) is 2.35. The number of aromatic nitrogens is 1. The van der Waals surface area contributed by atoms with Crippen LogP contribution in [0.15, 0.2) is 59.5 Å². The molecule has 8 heteroatoms. The number of rotatable bonds is 10. The van der Waals surface area contributed by atoms with E-state index in [4.69, 9.17) is 5.73 Å². The Bertz CT molecular complexity index is 1300. The summed E-state index contributed by atoms with van der Waals surface area (Å²) < 4.78 is 28.7. The Morgan fingerprint density at radius 3 is 2.34 bits per heavy atom. The first kappa shape index (κ1) is 26.4. The highest BCUT2D eigenvalue weighted by atomic mass is 32.2. The van der Waals surface area contributed by atoms with Crippen LogP contribution in [0.1, 0.15) is 53.7 Å². The Morgan fingerprint density at radius 2 is 1.71 bits per heavy atom. The van der Waals surface area contributed by atoms with Crippen molar-refractivity contribution in [1.82, 2.24) is 4.98 Å².